The van der Waals surface area contributed by atoms with Gasteiger partial charge in [0.25, 0.3) is 11.5 Å². The Morgan fingerprint density at radius 1 is 1.23 bits per heavy atom. The molecule has 2 aromatic heterocycles. The molecule has 0 saturated carbocycles. The van der Waals surface area contributed by atoms with Crippen molar-refractivity contribution in [3.05, 3.63) is 57.4 Å². The summed E-state index contributed by atoms with van der Waals surface area (Å²) in [5.41, 5.74) is 1.78. The van der Waals surface area contributed by atoms with E-state index in [0.717, 1.165) is 31.5 Å². The molecule has 30 heavy (non-hydrogen) atoms. The van der Waals surface area contributed by atoms with E-state index in [1.807, 2.05) is 19.1 Å². The lowest BCUT2D eigenvalue weighted by Gasteiger charge is -2.24. The fraction of sp³-hybridized carbons (Fsp3) is 0.364. The van der Waals surface area contributed by atoms with Crippen LogP contribution in [0, 0.1) is 6.92 Å². The van der Waals surface area contributed by atoms with E-state index < -0.39 is 0 Å². The lowest BCUT2D eigenvalue weighted by molar-refractivity contribution is -0.121. The third-order valence-electron chi connectivity index (χ3n) is 4.73. The van der Waals surface area contributed by atoms with Crippen LogP contribution in [0.2, 0.25) is 0 Å². The molecule has 6 nitrogen and oxygen atoms in total. The summed E-state index contributed by atoms with van der Waals surface area (Å²) in [5, 5.41) is 0. The molecule has 1 aliphatic rings. The predicted octanol–water partition coefficient (Wildman–Crippen LogP) is 4.02. The van der Waals surface area contributed by atoms with Crippen LogP contribution in [0.1, 0.15) is 37.8 Å². The minimum atomic E-state index is -0.206. The largest absolute Gasteiger partial charge is 0.356 e. The molecule has 0 spiro atoms. The summed E-state index contributed by atoms with van der Waals surface area (Å²) in [7, 11) is 0. The average molecular weight is 443 g/mol. The van der Waals surface area contributed by atoms with Gasteiger partial charge in [-0.2, -0.15) is 0 Å². The van der Waals surface area contributed by atoms with Gasteiger partial charge >= 0.3 is 0 Å². The predicted molar refractivity (Wildman–Crippen MR) is 129 cm³/mol. The van der Waals surface area contributed by atoms with Gasteiger partial charge in [0.2, 0.25) is 0 Å². The Kier molecular flexibility index (Phi) is 7.10. The average Bonchev–Trinajstić information content (AvgIpc) is 2.98. The van der Waals surface area contributed by atoms with E-state index in [4.69, 9.17) is 17.2 Å². The molecule has 1 saturated heterocycles. The number of aryl methyl sites for hydroxylation is 1. The Morgan fingerprint density at radius 2 is 1.93 bits per heavy atom. The summed E-state index contributed by atoms with van der Waals surface area (Å²) in [5.74, 6) is 0.406. The van der Waals surface area contributed by atoms with Crippen LogP contribution in [0.3, 0.4) is 0 Å². The van der Waals surface area contributed by atoms with Crippen LogP contribution in [0.5, 0.6) is 0 Å². The van der Waals surface area contributed by atoms with Gasteiger partial charge < -0.3 is 4.90 Å². The maximum Gasteiger partial charge on any atom is 0.267 e. The van der Waals surface area contributed by atoms with Gasteiger partial charge in [0, 0.05) is 25.8 Å². The molecule has 1 aliphatic heterocycles. The Balaban J connectivity index is 2.23. The van der Waals surface area contributed by atoms with Crippen molar-refractivity contribution in [1.29, 1.82) is 0 Å². The lowest BCUT2D eigenvalue weighted by atomic mass is 10.2. The highest BCUT2D eigenvalue weighted by Gasteiger charge is 2.32. The van der Waals surface area contributed by atoms with Crippen molar-refractivity contribution in [2.75, 3.05) is 24.5 Å². The fourth-order valence-electron chi connectivity index (χ4n) is 3.40. The minimum absolute atomic E-state index is 0.190. The first kappa shape index (κ1) is 22.2. The number of aromatic nitrogens is 2. The van der Waals surface area contributed by atoms with E-state index in [-0.39, 0.29) is 11.5 Å². The van der Waals surface area contributed by atoms with E-state index in [1.165, 1.54) is 16.7 Å². The van der Waals surface area contributed by atoms with Crippen LogP contribution < -0.4 is 10.5 Å². The Morgan fingerprint density at radius 3 is 2.57 bits per heavy atom. The van der Waals surface area contributed by atoms with Crippen molar-refractivity contribution >= 4 is 51.7 Å². The second-order valence-electron chi connectivity index (χ2n) is 7.16. The van der Waals surface area contributed by atoms with Crippen LogP contribution in [-0.2, 0) is 4.79 Å². The summed E-state index contributed by atoms with van der Waals surface area (Å²) in [6, 6.07) is 3.79. The van der Waals surface area contributed by atoms with Crippen LogP contribution in [0.4, 0.5) is 5.82 Å². The summed E-state index contributed by atoms with van der Waals surface area (Å²) in [6.45, 7) is 11.7. The number of carbonyl (C=O) groups is 1. The van der Waals surface area contributed by atoms with Crippen molar-refractivity contribution in [2.24, 2.45) is 0 Å². The quantitative estimate of drug-likeness (QED) is 0.350. The van der Waals surface area contributed by atoms with Gasteiger partial charge in [-0.1, -0.05) is 50.0 Å². The van der Waals surface area contributed by atoms with Crippen LogP contribution in [0.15, 0.2) is 40.7 Å². The molecular weight excluding hydrogens is 416 g/mol. The standard InChI is InChI=1S/C22H26N4O2S2/c1-5-10-24(11-6-2)19-16(13-17-21(28)25(12-7-3)22(29)30-17)20(27)26-14-15(4)8-9-18(26)23-19/h7-9,13-14H,3,5-6,10-12H2,1-2,4H3. The molecule has 3 rings (SSSR count). The third-order valence-corrected chi connectivity index (χ3v) is 6.11. The number of hydrogen-bond acceptors (Lipinski definition) is 6. The van der Waals surface area contributed by atoms with Gasteiger partial charge in [-0.3, -0.25) is 18.9 Å². The molecule has 158 valence electrons. The van der Waals surface area contributed by atoms with Crippen molar-refractivity contribution in [3.8, 4) is 0 Å². The first-order valence-corrected chi connectivity index (χ1v) is 11.3. The maximum atomic E-state index is 13.5. The van der Waals surface area contributed by atoms with E-state index in [2.05, 4.69) is 25.3 Å². The molecule has 8 heteroatoms. The number of fused-ring (bicyclic) bond motifs is 1. The summed E-state index contributed by atoms with van der Waals surface area (Å²) in [4.78, 5) is 35.2. The second-order valence-corrected chi connectivity index (χ2v) is 8.83. The molecule has 0 bridgehead atoms. The fourth-order valence-corrected chi connectivity index (χ4v) is 4.65. The van der Waals surface area contributed by atoms with Crippen molar-refractivity contribution in [1.82, 2.24) is 14.3 Å². The Bertz CT molecular complexity index is 1080. The highest BCUT2D eigenvalue weighted by molar-refractivity contribution is 8.26. The molecule has 0 N–H and O–H groups in total. The van der Waals surface area contributed by atoms with Crippen molar-refractivity contribution in [3.63, 3.8) is 0 Å². The van der Waals surface area contributed by atoms with E-state index >= 15 is 0 Å². The van der Waals surface area contributed by atoms with Crippen LogP contribution >= 0.6 is 24.0 Å². The number of anilines is 1. The van der Waals surface area contributed by atoms with Crippen molar-refractivity contribution in [2.45, 2.75) is 33.6 Å². The second kappa shape index (κ2) is 9.57. The van der Waals surface area contributed by atoms with Crippen molar-refractivity contribution < 1.29 is 4.79 Å². The Hall–Kier alpha value is -2.45. The first-order valence-electron chi connectivity index (χ1n) is 10.1. The van der Waals surface area contributed by atoms with Gasteiger partial charge in [-0.15, -0.1) is 6.58 Å². The van der Waals surface area contributed by atoms with Gasteiger partial charge in [0.15, 0.2) is 0 Å². The molecular formula is C22H26N4O2S2. The number of thiocarbonyl (C=S) groups is 1. The van der Waals surface area contributed by atoms with Gasteiger partial charge in [0.05, 0.1) is 10.5 Å². The first-order chi connectivity index (χ1) is 14.4. The zero-order valence-corrected chi connectivity index (χ0v) is 19.2. The third kappa shape index (κ3) is 4.34. The number of carbonyl (C=O) groups excluding carboxylic acids is 1. The number of rotatable bonds is 8. The highest BCUT2D eigenvalue weighted by Crippen LogP contribution is 2.33. The summed E-state index contributed by atoms with van der Waals surface area (Å²) in [6.07, 6.45) is 6.92. The molecule has 1 fully saturated rings. The number of thioether (sulfide) groups is 1. The molecule has 0 atom stereocenters. The molecule has 0 unspecified atom stereocenters. The highest BCUT2D eigenvalue weighted by atomic mass is 32.2. The number of amides is 1. The Labute approximate surface area is 186 Å². The zero-order chi connectivity index (χ0) is 21.8. The van der Waals surface area contributed by atoms with Gasteiger partial charge in [-0.05, 0) is 37.5 Å². The van der Waals surface area contributed by atoms with Crippen LogP contribution in [0.25, 0.3) is 11.7 Å². The smallest absolute Gasteiger partial charge is 0.267 e. The molecule has 0 aliphatic carbocycles. The maximum absolute atomic E-state index is 13.5. The molecule has 0 aromatic carbocycles. The molecule has 2 aromatic rings. The van der Waals surface area contributed by atoms with E-state index in [1.54, 1.807) is 22.7 Å². The lowest BCUT2D eigenvalue weighted by Crippen LogP contribution is -2.31. The van der Waals surface area contributed by atoms with Crippen LogP contribution in [-0.4, -0.2) is 44.1 Å². The number of hydrogen-bond donors (Lipinski definition) is 0. The summed E-state index contributed by atoms with van der Waals surface area (Å²) < 4.78 is 2.02. The summed E-state index contributed by atoms with van der Waals surface area (Å²) >= 11 is 6.55. The van der Waals surface area contributed by atoms with Gasteiger partial charge in [0.1, 0.15) is 15.8 Å². The topological polar surface area (TPSA) is 57.9 Å². The molecule has 0 radical (unpaired) electrons. The number of pyridine rings is 1. The van der Waals surface area contributed by atoms with E-state index in [0.29, 0.717) is 32.8 Å². The number of nitrogens with zero attached hydrogens (tertiary/aromatic N) is 4. The molecule has 3 heterocycles. The minimum Gasteiger partial charge on any atom is -0.356 e. The van der Waals surface area contributed by atoms with Gasteiger partial charge in [-0.25, -0.2) is 4.98 Å². The monoisotopic (exact) mass is 442 g/mol. The molecule has 1 amide bonds. The SMILES string of the molecule is C=CCN1C(=O)C(=Cc2c(N(CCC)CCC)nc3ccc(C)cn3c2=O)SC1=S. The normalized spacial score (nSPS) is 15.4. The van der Waals surface area contributed by atoms with E-state index in [9.17, 15) is 9.59 Å². The zero-order valence-electron chi connectivity index (χ0n) is 17.6.